The minimum atomic E-state index is -0.884. The molecule has 0 atom stereocenters. The number of aliphatic carboxylic acids is 1. The van der Waals surface area contributed by atoms with Crippen molar-refractivity contribution in [3.8, 4) is 11.3 Å². The maximum atomic E-state index is 12.5. The highest BCUT2D eigenvalue weighted by atomic mass is 32.2. The van der Waals surface area contributed by atoms with Crippen molar-refractivity contribution < 1.29 is 19.1 Å². The Morgan fingerprint density at radius 1 is 1.27 bits per heavy atom. The zero-order valence-electron chi connectivity index (χ0n) is 14.1. The SMILES string of the molecule is Cc1ccc(-c2ccc(C=C3SC(=S)N(CCCC(=O)O)C3=O)o2)cc1. The van der Waals surface area contributed by atoms with Gasteiger partial charge < -0.3 is 9.52 Å². The quantitative estimate of drug-likeness (QED) is 0.588. The molecule has 1 aromatic heterocycles. The van der Waals surface area contributed by atoms with Crippen LogP contribution in [0.4, 0.5) is 0 Å². The van der Waals surface area contributed by atoms with E-state index >= 15 is 0 Å². The second kappa shape index (κ2) is 7.88. The van der Waals surface area contributed by atoms with Gasteiger partial charge in [-0.2, -0.15) is 0 Å². The molecule has 0 bridgehead atoms. The number of nitrogens with zero attached hydrogens (tertiary/aromatic N) is 1. The number of hydrogen-bond donors (Lipinski definition) is 1. The van der Waals surface area contributed by atoms with Crippen molar-refractivity contribution in [1.29, 1.82) is 0 Å². The number of carbonyl (C=O) groups is 2. The standard InChI is InChI=1S/C19H17NO4S2/c1-12-4-6-13(7-5-12)15-9-8-14(24-15)11-16-18(23)20(19(25)26-16)10-2-3-17(21)22/h4-9,11H,2-3,10H2,1H3,(H,21,22). The van der Waals surface area contributed by atoms with Gasteiger partial charge in [0, 0.05) is 24.6 Å². The Bertz CT molecular complexity index is 883. The Labute approximate surface area is 160 Å². The van der Waals surface area contributed by atoms with Gasteiger partial charge in [-0.25, -0.2) is 0 Å². The second-order valence-electron chi connectivity index (χ2n) is 5.90. The van der Waals surface area contributed by atoms with Crippen LogP contribution in [0.15, 0.2) is 45.7 Å². The first-order valence-electron chi connectivity index (χ1n) is 8.08. The molecule has 5 nitrogen and oxygen atoms in total. The predicted molar refractivity (Wildman–Crippen MR) is 106 cm³/mol. The van der Waals surface area contributed by atoms with E-state index < -0.39 is 5.97 Å². The lowest BCUT2D eigenvalue weighted by molar-refractivity contribution is -0.137. The lowest BCUT2D eigenvalue weighted by Crippen LogP contribution is -2.29. The summed E-state index contributed by atoms with van der Waals surface area (Å²) in [5, 5.41) is 8.71. The fourth-order valence-corrected chi connectivity index (χ4v) is 3.80. The van der Waals surface area contributed by atoms with Crippen LogP contribution in [0.25, 0.3) is 17.4 Å². The molecule has 1 aliphatic rings. The second-order valence-corrected chi connectivity index (χ2v) is 7.57. The normalized spacial score (nSPS) is 15.9. The average Bonchev–Trinajstić information content (AvgIpc) is 3.15. The molecule has 26 heavy (non-hydrogen) atoms. The Morgan fingerprint density at radius 2 is 2.00 bits per heavy atom. The molecule has 0 unspecified atom stereocenters. The molecule has 7 heteroatoms. The highest BCUT2D eigenvalue weighted by molar-refractivity contribution is 8.26. The van der Waals surface area contributed by atoms with Crippen LogP contribution in [0.3, 0.4) is 0 Å². The number of carboxylic acids is 1. The van der Waals surface area contributed by atoms with Gasteiger partial charge in [-0.3, -0.25) is 14.5 Å². The van der Waals surface area contributed by atoms with Gasteiger partial charge >= 0.3 is 5.97 Å². The minimum Gasteiger partial charge on any atom is -0.481 e. The molecule has 2 heterocycles. The Hall–Kier alpha value is -2.38. The van der Waals surface area contributed by atoms with E-state index in [2.05, 4.69) is 0 Å². The number of thiocarbonyl (C=S) groups is 1. The number of benzene rings is 1. The molecule has 1 saturated heterocycles. The number of aryl methyl sites for hydroxylation is 1. The largest absolute Gasteiger partial charge is 0.481 e. The van der Waals surface area contributed by atoms with Crippen LogP contribution in [0.5, 0.6) is 0 Å². The number of thioether (sulfide) groups is 1. The van der Waals surface area contributed by atoms with Crippen LogP contribution in [-0.2, 0) is 9.59 Å². The molecule has 0 spiro atoms. The van der Waals surface area contributed by atoms with Crippen LogP contribution in [0, 0.1) is 6.92 Å². The zero-order chi connectivity index (χ0) is 18.7. The topological polar surface area (TPSA) is 70.8 Å². The fraction of sp³-hybridized carbons (Fsp3) is 0.211. The van der Waals surface area contributed by atoms with Gasteiger partial charge in [-0.05, 0) is 25.5 Å². The van der Waals surface area contributed by atoms with Crippen molar-refractivity contribution >= 4 is 46.3 Å². The highest BCUT2D eigenvalue weighted by Gasteiger charge is 2.31. The van der Waals surface area contributed by atoms with Crippen molar-refractivity contribution in [2.45, 2.75) is 19.8 Å². The number of carboxylic acid groups (broad SMARTS) is 1. The third-order valence-electron chi connectivity index (χ3n) is 3.88. The van der Waals surface area contributed by atoms with E-state index in [1.54, 1.807) is 6.08 Å². The van der Waals surface area contributed by atoms with E-state index in [1.165, 1.54) is 22.2 Å². The summed E-state index contributed by atoms with van der Waals surface area (Å²) in [5.74, 6) is 0.212. The van der Waals surface area contributed by atoms with Gasteiger partial charge in [0.1, 0.15) is 15.8 Å². The monoisotopic (exact) mass is 387 g/mol. The van der Waals surface area contributed by atoms with Crippen molar-refractivity contribution in [3.05, 3.63) is 52.6 Å². The van der Waals surface area contributed by atoms with Gasteiger partial charge in [-0.1, -0.05) is 53.8 Å². The van der Waals surface area contributed by atoms with Crippen LogP contribution < -0.4 is 0 Å². The maximum Gasteiger partial charge on any atom is 0.303 e. The summed E-state index contributed by atoms with van der Waals surface area (Å²) in [5.41, 5.74) is 2.14. The maximum absolute atomic E-state index is 12.5. The molecule has 0 saturated carbocycles. The first-order valence-corrected chi connectivity index (χ1v) is 9.30. The summed E-state index contributed by atoms with van der Waals surface area (Å²) in [4.78, 5) is 25.0. The zero-order valence-corrected chi connectivity index (χ0v) is 15.7. The molecule has 3 rings (SSSR count). The number of furan rings is 1. The summed E-state index contributed by atoms with van der Waals surface area (Å²) >= 11 is 6.44. The number of rotatable bonds is 6. The van der Waals surface area contributed by atoms with Crippen LogP contribution in [-0.4, -0.2) is 32.7 Å². The molecule has 134 valence electrons. The van der Waals surface area contributed by atoms with E-state index in [9.17, 15) is 9.59 Å². The van der Waals surface area contributed by atoms with Crippen LogP contribution >= 0.6 is 24.0 Å². The summed E-state index contributed by atoms with van der Waals surface area (Å²) in [7, 11) is 0. The average molecular weight is 387 g/mol. The highest BCUT2D eigenvalue weighted by Crippen LogP contribution is 2.33. The molecule has 1 fully saturated rings. The summed E-state index contributed by atoms with van der Waals surface area (Å²) in [6.07, 6.45) is 2.05. The number of carbonyl (C=O) groups excluding carboxylic acids is 1. The number of amides is 1. The van der Waals surface area contributed by atoms with Gasteiger partial charge in [0.05, 0.1) is 4.91 Å². The molecule has 1 amide bonds. The Balaban J connectivity index is 1.72. The van der Waals surface area contributed by atoms with Gasteiger partial charge in [0.25, 0.3) is 5.91 Å². The minimum absolute atomic E-state index is 0.00814. The van der Waals surface area contributed by atoms with Gasteiger partial charge in [0.15, 0.2) is 0 Å². The van der Waals surface area contributed by atoms with E-state index in [4.69, 9.17) is 21.7 Å². The van der Waals surface area contributed by atoms with E-state index in [1.807, 2.05) is 43.3 Å². The molecule has 2 aromatic rings. The van der Waals surface area contributed by atoms with Crippen molar-refractivity contribution in [2.24, 2.45) is 0 Å². The fourth-order valence-electron chi connectivity index (χ4n) is 2.51. The van der Waals surface area contributed by atoms with E-state index in [-0.39, 0.29) is 12.3 Å². The lowest BCUT2D eigenvalue weighted by atomic mass is 10.1. The van der Waals surface area contributed by atoms with Gasteiger partial charge in [0.2, 0.25) is 0 Å². The number of hydrogen-bond acceptors (Lipinski definition) is 5. The summed E-state index contributed by atoms with van der Waals surface area (Å²) < 4.78 is 6.26. The molecule has 0 aliphatic carbocycles. The molecule has 1 aliphatic heterocycles. The molecule has 1 N–H and O–H groups in total. The van der Waals surface area contributed by atoms with Crippen molar-refractivity contribution in [3.63, 3.8) is 0 Å². The van der Waals surface area contributed by atoms with Crippen LogP contribution in [0.2, 0.25) is 0 Å². The van der Waals surface area contributed by atoms with Crippen molar-refractivity contribution in [1.82, 2.24) is 4.90 Å². The molecular weight excluding hydrogens is 370 g/mol. The Morgan fingerprint density at radius 3 is 2.69 bits per heavy atom. The van der Waals surface area contributed by atoms with E-state index in [0.717, 1.165) is 11.3 Å². The third kappa shape index (κ3) is 4.23. The first kappa shape index (κ1) is 18.4. The summed E-state index contributed by atoms with van der Waals surface area (Å²) in [6, 6.07) is 11.7. The molecular formula is C19H17NO4S2. The smallest absolute Gasteiger partial charge is 0.303 e. The van der Waals surface area contributed by atoms with Gasteiger partial charge in [-0.15, -0.1) is 0 Å². The molecule has 0 radical (unpaired) electrons. The third-order valence-corrected chi connectivity index (χ3v) is 5.26. The lowest BCUT2D eigenvalue weighted by Gasteiger charge is -2.13. The Kier molecular flexibility index (Phi) is 5.58. The predicted octanol–water partition coefficient (Wildman–Crippen LogP) is 4.32. The van der Waals surface area contributed by atoms with Crippen molar-refractivity contribution in [2.75, 3.05) is 6.54 Å². The van der Waals surface area contributed by atoms with E-state index in [0.29, 0.717) is 28.0 Å². The first-order chi connectivity index (χ1) is 12.4. The molecule has 1 aromatic carbocycles. The van der Waals surface area contributed by atoms with Crippen LogP contribution in [0.1, 0.15) is 24.2 Å². The summed E-state index contributed by atoms with van der Waals surface area (Å²) in [6.45, 7) is 2.33.